The summed E-state index contributed by atoms with van der Waals surface area (Å²) in [7, 11) is 0. The van der Waals surface area contributed by atoms with Gasteiger partial charge in [-0.25, -0.2) is 4.79 Å². The first-order chi connectivity index (χ1) is 11.2. The molecule has 124 valence electrons. The van der Waals surface area contributed by atoms with Crippen molar-refractivity contribution >= 4 is 45.9 Å². The summed E-state index contributed by atoms with van der Waals surface area (Å²) in [5.74, 6) is -2.55. The van der Waals surface area contributed by atoms with E-state index in [1.165, 1.54) is 18.2 Å². The van der Waals surface area contributed by atoms with Crippen LogP contribution in [0.15, 0.2) is 52.7 Å². The number of hydrogen-bond acceptors (Lipinski definition) is 5. The van der Waals surface area contributed by atoms with Crippen molar-refractivity contribution in [3.05, 3.63) is 53.6 Å². The molecule has 1 atom stereocenters. The van der Waals surface area contributed by atoms with Gasteiger partial charge in [0.1, 0.15) is 14.7 Å². The third kappa shape index (κ3) is 3.88. The van der Waals surface area contributed by atoms with Gasteiger partial charge in [0, 0.05) is 0 Å². The molecule has 2 aromatic rings. The Kier molecular flexibility index (Phi) is 5.17. The number of carboxylic acids is 2. The molecule has 0 bridgehead atoms. The molecule has 0 radical (unpaired) electrons. The highest BCUT2D eigenvalue weighted by atomic mass is 127. The van der Waals surface area contributed by atoms with E-state index >= 15 is 0 Å². The van der Waals surface area contributed by atoms with Gasteiger partial charge in [-0.15, -0.1) is 0 Å². The predicted molar refractivity (Wildman–Crippen MR) is 94.7 cm³/mol. The second kappa shape index (κ2) is 6.95. The lowest BCUT2D eigenvalue weighted by molar-refractivity contribution is -0.139. The summed E-state index contributed by atoms with van der Waals surface area (Å²) in [5.41, 5.74) is 1.12. The van der Waals surface area contributed by atoms with Crippen LogP contribution in [0.4, 0.5) is 11.4 Å². The van der Waals surface area contributed by atoms with Gasteiger partial charge in [-0.05, 0) is 42.8 Å². The molecular formula is C16H13IN2O5. The Bertz CT molecular complexity index is 816. The number of alkyl halides is 1. The highest BCUT2D eigenvalue weighted by Gasteiger charge is 2.31. The van der Waals surface area contributed by atoms with Crippen LogP contribution in [-0.4, -0.2) is 27.3 Å². The van der Waals surface area contributed by atoms with Gasteiger partial charge in [-0.3, -0.25) is 4.79 Å². The van der Waals surface area contributed by atoms with Crippen LogP contribution in [0.1, 0.15) is 22.8 Å². The molecule has 24 heavy (non-hydrogen) atoms. The zero-order valence-electron chi connectivity index (χ0n) is 12.5. The zero-order chi connectivity index (χ0) is 17.9. The lowest BCUT2D eigenvalue weighted by Crippen LogP contribution is -2.24. The van der Waals surface area contributed by atoms with Crippen LogP contribution < -0.4 is 0 Å². The number of benzene rings is 2. The van der Waals surface area contributed by atoms with E-state index in [-0.39, 0.29) is 17.0 Å². The van der Waals surface area contributed by atoms with Gasteiger partial charge in [-0.1, -0.05) is 34.7 Å². The molecule has 0 aliphatic rings. The van der Waals surface area contributed by atoms with Gasteiger partial charge in [0.2, 0.25) is 0 Å². The van der Waals surface area contributed by atoms with E-state index in [1.54, 1.807) is 31.2 Å². The molecule has 0 heterocycles. The van der Waals surface area contributed by atoms with Crippen molar-refractivity contribution in [3.63, 3.8) is 0 Å². The number of azo groups is 1. The van der Waals surface area contributed by atoms with Crippen molar-refractivity contribution in [1.29, 1.82) is 0 Å². The van der Waals surface area contributed by atoms with Crippen molar-refractivity contribution in [2.75, 3.05) is 0 Å². The van der Waals surface area contributed by atoms with Gasteiger partial charge < -0.3 is 15.3 Å². The third-order valence-electron chi connectivity index (χ3n) is 3.30. The molecule has 0 aliphatic heterocycles. The van der Waals surface area contributed by atoms with Crippen LogP contribution in [0.2, 0.25) is 0 Å². The smallest absolute Gasteiger partial charge is 0.339 e. The highest BCUT2D eigenvalue weighted by molar-refractivity contribution is 14.1. The summed E-state index contributed by atoms with van der Waals surface area (Å²) in [4.78, 5) is 22.2. The van der Waals surface area contributed by atoms with Gasteiger partial charge in [0.05, 0.1) is 11.4 Å². The summed E-state index contributed by atoms with van der Waals surface area (Å²) in [5, 5.41) is 35.5. The summed E-state index contributed by atoms with van der Waals surface area (Å²) in [6.07, 6.45) is 0. The van der Waals surface area contributed by atoms with Crippen LogP contribution in [0.5, 0.6) is 5.75 Å². The minimum Gasteiger partial charge on any atom is -0.507 e. The van der Waals surface area contributed by atoms with E-state index in [2.05, 4.69) is 10.2 Å². The molecule has 2 rings (SSSR count). The maximum atomic E-state index is 11.2. The van der Waals surface area contributed by atoms with Crippen LogP contribution in [0, 0.1) is 0 Å². The van der Waals surface area contributed by atoms with Crippen LogP contribution in [0.25, 0.3) is 0 Å². The second-order valence-electron chi connectivity index (χ2n) is 5.06. The second-order valence-corrected chi connectivity index (χ2v) is 7.22. The first-order valence-corrected chi connectivity index (χ1v) is 7.80. The monoisotopic (exact) mass is 440 g/mol. The Balaban J connectivity index is 2.23. The minimum atomic E-state index is -1.26. The Morgan fingerprint density at radius 3 is 2.08 bits per heavy atom. The highest BCUT2D eigenvalue weighted by Crippen LogP contribution is 2.33. The van der Waals surface area contributed by atoms with Crippen LogP contribution >= 0.6 is 22.6 Å². The van der Waals surface area contributed by atoms with Crippen LogP contribution in [-0.2, 0) is 8.22 Å². The maximum absolute atomic E-state index is 11.2. The molecule has 0 fully saturated rings. The number of carboxylic acid groups (broad SMARTS) is 2. The molecule has 0 aliphatic carbocycles. The fourth-order valence-corrected chi connectivity index (χ4v) is 2.20. The first kappa shape index (κ1) is 17.9. The van der Waals surface area contributed by atoms with Crippen LogP contribution in [0.3, 0.4) is 0 Å². The third-order valence-corrected chi connectivity index (χ3v) is 4.39. The number of aromatic carboxylic acids is 1. The molecule has 0 saturated carbocycles. The summed E-state index contributed by atoms with van der Waals surface area (Å²) in [6.45, 7) is 1.59. The molecule has 3 N–H and O–H groups in total. The number of hydrogen-bond donors (Lipinski definition) is 3. The molecule has 0 spiro atoms. The Morgan fingerprint density at radius 2 is 1.54 bits per heavy atom. The Labute approximate surface area is 150 Å². The van der Waals surface area contributed by atoms with E-state index in [0.717, 1.165) is 0 Å². The normalized spacial score (nSPS) is 13.6. The number of rotatable bonds is 5. The van der Waals surface area contributed by atoms with Crippen molar-refractivity contribution in [2.45, 2.75) is 10.3 Å². The number of carbonyl (C=O) groups is 2. The Hall–Kier alpha value is -2.49. The van der Waals surface area contributed by atoms with Gasteiger partial charge in [0.25, 0.3) is 0 Å². The van der Waals surface area contributed by atoms with Crippen molar-refractivity contribution in [2.24, 2.45) is 10.2 Å². The van der Waals surface area contributed by atoms with E-state index in [4.69, 9.17) is 5.11 Å². The molecule has 8 heteroatoms. The molecule has 0 saturated heterocycles. The van der Waals surface area contributed by atoms with E-state index < -0.39 is 15.4 Å². The minimum absolute atomic E-state index is 0.260. The number of phenols is 1. The summed E-state index contributed by atoms with van der Waals surface area (Å²) in [6, 6.07) is 10.4. The van der Waals surface area contributed by atoms with E-state index in [9.17, 15) is 19.8 Å². The largest absolute Gasteiger partial charge is 0.507 e. The SMILES string of the molecule is CC(I)(C(=O)O)c1ccc(N=Nc2ccc(O)c(C(=O)O)c2)cc1. The quantitative estimate of drug-likeness (QED) is 0.365. The number of aliphatic carboxylic acids is 1. The molecule has 0 aromatic heterocycles. The fraction of sp³-hybridized carbons (Fsp3) is 0.125. The number of halogens is 1. The number of aromatic hydroxyl groups is 1. The summed E-state index contributed by atoms with van der Waals surface area (Å²) >= 11 is 1.85. The van der Waals surface area contributed by atoms with E-state index in [0.29, 0.717) is 11.3 Å². The average molecular weight is 440 g/mol. The molecule has 7 nitrogen and oxygen atoms in total. The first-order valence-electron chi connectivity index (χ1n) is 6.72. The van der Waals surface area contributed by atoms with Gasteiger partial charge in [0.15, 0.2) is 0 Å². The molecule has 2 aromatic carbocycles. The Morgan fingerprint density at radius 1 is 1.00 bits per heavy atom. The lowest BCUT2D eigenvalue weighted by Gasteiger charge is -2.17. The summed E-state index contributed by atoms with van der Waals surface area (Å²) < 4.78 is -1.04. The maximum Gasteiger partial charge on any atom is 0.339 e. The lowest BCUT2D eigenvalue weighted by atomic mass is 10.0. The topological polar surface area (TPSA) is 120 Å². The standard InChI is InChI=1S/C16H13IN2O5/c1-16(17,15(23)24)9-2-4-10(5-3-9)18-19-11-6-7-13(20)12(8-11)14(21)22/h2-8,20H,1H3,(H,21,22)(H,23,24). The average Bonchev–Trinajstić information content (AvgIpc) is 2.54. The van der Waals surface area contributed by atoms with E-state index in [1.807, 2.05) is 22.6 Å². The van der Waals surface area contributed by atoms with Crippen molar-refractivity contribution in [3.8, 4) is 5.75 Å². The van der Waals surface area contributed by atoms with Gasteiger partial charge >= 0.3 is 11.9 Å². The van der Waals surface area contributed by atoms with Crippen molar-refractivity contribution in [1.82, 2.24) is 0 Å². The molecule has 0 amide bonds. The molecular weight excluding hydrogens is 427 g/mol. The molecule has 1 unspecified atom stereocenters. The van der Waals surface area contributed by atoms with Crippen molar-refractivity contribution < 1.29 is 24.9 Å². The fourth-order valence-electron chi connectivity index (χ4n) is 1.84. The van der Waals surface area contributed by atoms with Gasteiger partial charge in [-0.2, -0.15) is 10.2 Å². The zero-order valence-corrected chi connectivity index (χ0v) is 14.6. The predicted octanol–water partition coefficient (Wildman–Crippen LogP) is 4.24. The number of nitrogens with zero attached hydrogens (tertiary/aromatic N) is 2.